The van der Waals surface area contributed by atoms with Gasteiger partial charge >= 0.3 is 5.69 Å². The van der Waals surface area contributed by atoms with E-state index in [9.17, 15) is 14.5 Å². The molecule has 0 radical (unpaired) electrons. The summed E-state index contributed by atoms with van der Waals surface area (Å²) in [6.07, 6.45) is 1.57. The number of ether oxygens (including phenoxy) is 1. The maximum Gasteiger partial charge on any atom is 0.327 e. The lowest BCUT2D eigenvalue weighted by Crippen LogP contribution is -2.04. The maximum absolute atomic E-state index is 13.4. The molecule has 7 heteroatoms. The van der Waals surface area contributed by atoms with Gasteiger partial charge in [-0.25, -0.2) is 4.98 Å². The summed E-state index contributed by atoms with van der Waals surface area (Å²) >= 11 is 0. The number of halogens is 1. The predicted molar refractivity (Wildman–Crippen MR) is 71.2 cm³/mol. The van der Waals surface area contributed by atoms with Crippen molar-refractivity contribution in [3.05, 3.63) is 58.0 Å². The first kappa shape index (κ1) is 13.7. The highest BCUT2D eigenvalue weighted by Gasteiger charge is 2.19. The SMILES string of the molecule is COc1cc(CNc2cccc(F)c2[N+](=O)[O-])ccn1. The summed E-state index contributed by atoms with van der Waals surface area (Å²) in [5, 5.41) is 13.7. The number of nitro benzene ring substituents is 1. The highest BCUT2D eigenvalue weighted by molar-refractivity contribution is 5.62. The van der Waals surface area contributed by atoms with Gasteiger partial charge in [-0.1, -0.05) is 6.07 Å². The molecule has 1 aromatic heterocycles. The summed E-state index contributed by atoms with van der Waals surface area (Å²) in [7, 11) is 1.50. The molecule has 0 bridgehead atoms. The lowest BCUT2D eigenvalue weighted by molar-refractivity contribution is -0.386. The molecular weight excluding hydrogens is 265 g/mol. The minimum Gasteiger partial charge on any atom is -0.481 e. The van der Waals surface area contributed by atoms with E-state index in [0.717, 1.165) is 11.6 Å². The van der Waals surface area contributed by atoms with Crippen LogP contribution in [0.15, 0.2) is 36.5 Å². The van der Waals surface area contributed by atoms with Crippen LogP contribution in [0.3, 0.4) is 0 Å². The molecule has 0 atom stereocenters. The minimum absolute atomic E-state index is 0.130. The number of para-hydroxylation sites is 1. The van der Waals surface area contributed by atoms with Crippen molar-refractivity contribution in [1.29, 1.82) is 0 Å². The zero-order chi connectivity index (χ0) is 14.5. The van der Waals surface area contributed by atoms with E-state index in [0.29, 0.717) is 12.4 Å². The van der Waals surface area contributed by atoms with Crippen molar-refractivity contribution in [2.75, 3.05) is 12.4 Å². The van der Waals surface area contributed by atoms with Crippen LogP contribution in [0, 0.1) is 15.9 Å². The van der Waals surface area contributed by atoms with E-state index in [4.69, 9.17) is 4.74 Å². The molecule has 0 aliphatic carbocycles. The first-order valence-corrected chi connectivity index (χ1v) is 5.77. The molecule has 1 N–H and O–H groups in total. The second-order valence-electron chi connectivity index (χ2n) is 3.95. The molecule has 0 saturated carbocycles. The fourth-order valence-electron chi connectivity index (χ4n) is 1.71. The summed E-state index contributed by atoms with van der Waals surface area (Å²) in [6, 6.07) is 7.36. The first-order valence-electron chi connectivity index (χ1n) is 5.77. The number of pyridine rings is 1. The lowest BCUT2D eigenvalue weighted by Gasteiger charge is -2.08. The number of nitro groups is 1. The quantitative estimate of drug-likeness (QED) is 0.671. The number of nitrogens with one attached hydrogen (secondary N) is 1. The molecule has 0 unspecified atom stereocenters. The summed E-state index contributed by atoms with van der Waals surface area (Å²) in [5.74, 6) is -0.426. The van der Waals surface area contributed by atoms with Crippen LogP contribution in [-0.4, -0.2) is 17.0 Å². The van der Waals surface area contributed by atoms with Crippen molar-refractivity contribution in [1.82, 2.24) is 4.98 Å². The van der Waals surface area contributed by atoms with Crippen molar-refractivity contribution < 1.29 is 14.1 Å². The molecule has 0 amide bonds. The molecule has 1 aromatic carbocycles. The zero-order valence-corrected chi connectivity index (χ0v) is 10.7. The summed E-state index contributed by atoms with van der Waals surface area (Å²) in [6.45, 7) is 0.295. The third-order valence-corrected chi connectivity index (χ3v) is 2.66. The van der Waals surface area contributed by atoms with Gasteiger partial charge in [0.25, 0.3) is 0 Å². The summed E-state index contributed by atoms with van der Waals surface area (Å²) < 4.78 is 18.4. The van der Waals surface area contributed by atoms with Gasteiger partial charge in [0.1, 0.15) is 5.69 Å². The molecule has 0 fully saturated rings. The van der Waals surface area contributed by atoms with Gasteiger partial charge in [0, 0.05) is 18.8 Å². The molecule has 20 heavy (non-hydrogen) atoms. The molecular formula is C13H12FN3O3. The number of rotatable bonds is 5. The topological polar surface area (TPSA) is 77.3 Å². The number of anilines is 1. The summed E-state index contributed by atoms with van der Waals surface area (Å²) in [5.41, 5.74) is 0.384. The Hall–Kier alpha value is -2.70. The third-order valence-electron chi connectivity index (χ3n) is 2.66. The third kappa shape index (κ3) is 3.00. The Kier molecular flexibility index (Phi) is 4.09. The fraction of sp³-hybridized carbons (Fsp3) is 0.154. The molecule has 1 heterocycles. The molecule has 0 saturated heterocycles. The van der Waals surface area contributed by atoms with Gasteiger partial charge in [0.15, 0.2) is 0 Å². The highest BCUT2D eigenvalue weighted by atomic mass is 19.1. The van der Waals surface area contributed by atoms with Crippen LogP contribution in [-0.2, 0) is 6.54 Å². The standard InChI is InChI=1S/C13H12FN3O3/c1-20-12-7-9(5-6-15-12)8-16-11-4-2-3-10(14)13(11)17(18)19/h2-7,16H,8H2,1H3. The van der Waals surface area contributed by atoms with E-state index in [1.54, 1.807) is 18.3 Å². The maximum atomic E-state index is 13.4. The van der Waals surface area contributed by atoms with Gasteiger partial charge < -0.3 is 10.1 Å². The number of aromatic nitrogens is 1. The molecule has 104 valence electrons. The Morgan fingerprint density at radius 2 is 2.25 bits per heavy atom. The normalized spacial score (nSPS) is 10.1. The van der Waals surface area contributed by atoms with Crippen molar-refractivity contribution >= 4 is 11.4 Å². The van der Waals surface area contributed by atoms with Gasteiger partial charge in [-0.3, -0.25) is 10.1 Å². The van der Waals surface area contributed by atoms with Crippen molar-refractivity contribution in [2.45, 2.75) is 6.54 Å². The first-order chi connectivity index (χ1) is 9.61. The Labute approximate surface area is 114 Å². The van der Waals surface area contributed by atoms with E-state index in [-0.39, 0.29) is 5.69 Å². The van der Waals surface area contributed by atoms with E-state index in [1.807, 2.05) is 0 Å². The second-order valence-corrected chi connectivity index (χ2v) is 3.95. The van der Waals surface area contributed by atoms with E-state index in [2.05, 4.69) is 10.3 Å². The van der Waals surface area contributed by atoms with Gasteiger partial charge in [-0.2, -0.15) is 4.39 Å². The van der Waals surface area contributed by atoms with Gasteiger partial charge in [-0.15, -0.1) is 0 Å². The van der Waals surface area contributed by atoms with Crippen LogP contribution in [0.5, 0.6) is 5.88 Å². The predicted octanol–water partition coefficient (Wildman–Crippen LogP) is 2.75. The average molecular weight is 277 g/mol. The number of hydrogen-bond acceptors (Lipinski definition) is 5. The Bertz CT molecular complexity index is 634. The van der Waals surface area contributed by atoms with Gasteiger partial charge in [0.05, 0.1) is 12.0 Å². The number of benzene rings is 1. The van der Waals surface area contributed by atoms with Crippen LogP contribution >= 0.6 is 0 Å². The van der Waals surface area contributed by atoms with Crippen molar-refractivity contribution in [3.8, 4) is 5.88 Å². The zero-order valence-electron chi connectivity index (χ0n) is 10.7. The highest BCUT2D eigenvalue weighted by Crippen LogP contribution is 2.27. The monoisotopic (exact) mass is 277 g/mol. The number of methoxy groups -OCH3 is 1. The van der Waals surface area contributed by atoms with Gasteiger partial charge in [0.2, 0.25) is 11.7 Å². The second kappa shape index (κ2) is 5.96. The molecule has 6 nitrogen and oxygen atoms in total. The number of hydrogen-bond donors (Lipinski definition) is 1. The van der Waals surface area contributed by atoms with Crippen LogP contribution in [0.2, 0.25) is 0 Å². The Morgan fingerprint density at radius 3 is 2.95 bits per heavy atom. The minimum atomic E-state index is -0.868. The van der Waals surface area contributed by atoms with Crippen LogP contribution in [0.25, 0.3) is 0 Å². The lowest BCUT2D eigenvalue weighted by atomic mass is 10.2. The van der Waals surface area contributed by atoms with Crippen LogP contribution < -0.4 is 10.1 Å². The van der Waals surface area contributed by atoms with Crippen LogP contribution in [0.4, 0.5) is 15.8 Å². The average Bonchev–Trinajstić information content (AvgIpc) is 2.45. The van der Waals surface area contributed by atoms with Gasteiger partial charge in [-0.05, 0) is 23.8 Å². The largest absolute Gasteiger partial charge is 0.481 e. The Morgan fingerprint density at radius 1 is 1.45 bits per heavy atom. The van der Waals surface area contributed by atoms with E-state index >= 15 is 0 Å². The smallest absolute Gasteiger partial charge is 0.327 e. The van der Waals surface area contributed by atoms with Crippen molar-refractivity contribution in [3.63, 3.8) is 0 Å². The molecule has 0 aliphatic heterocycles. The molecule has 2 aromatic rings. The van der Waals surface area contributed by atoms with E-state index < -0.39 is 16.4 Å². The molecule has 2 rings (SSSR count). The molecule has 0 aliphatic rings. The van der Waals surface area contributed by atoms with Crippen molar-refractivity contribution in [2.24, 2.45) is 0 Å². The van der Waals surface area contributed by atoms with Crippen LogP contribution in [0.1, 0.15) is 5.56 Å². The molecule has 0 spiro atoms. The fourth-order valence-corrected chi connectivity index (χ4v) is 1.71. The Balaban J connectivity index is 2.18. The van der Waals surface area contributed by atoms with E-state index in [1.165, 1.54) is 19.2 Å². The summed E-state index contributed by atoms with van der Waals surface area (Å²) in [4.78, 5) is 14.1. The number of nitrogens with zero attached hydrogens (tertiary/aromatic N) is 2.